The molecule has 0 bridgehead atoms. The lowest BCUT2D eigenvalue weighted by Crippen LogP contribution is -2.33. The smallest absolute Gasteiger partial charge is 0.208 e. The van der Waals surface area contributed by atoms with Crippen molar-refractivity contribution >= 4 is 26.7 Å². The first-order valence-electron chi connectivity index (χ1n) is 8.10. The van der Waals surface area contributed by atoms with E-state index in [1.54, 1.807) is 0 Å². The first-order chi connectivity index (χ1) is 11.5. The quantitative estimate of drug-likeness (QED) is 0.821. The Morgan fingerprint density at radius 3 is 2.54 bits per heavy atom. The highest BCUT2D eigenvalue weighted by Crippen LogP contribution is 2.28. The van der Waals surface area contributed by atoms with Gasteiger partial charge < -0.3 is 5.32 Å². The fraction of sp³-hybridized carbons (Fsp3) is 0.500. The van der Waals surface area contributed by atoms with Crippen molar-refractivity contribution in [2.24, 2.45) is 5.92 Å². The molecule has 0 spiro atoms. The fourth-order valence-electron chi connectivity index (χ4n) is 2.94. The summed E-state index contributed by atoms with van der Waals surface area (Å²) < 4.78 is 29.3. The van der Waals surface area contributed by atoms with Gasteiger partial charge in [0.2, 0.25) is 15.2 Å². The summed E-state index contributed by atoms with van der Waals surface area (Å²) in [5.41, 5.74) is 1.03. The minimum atomic E-state index is -3.09. The first-order valence-corrected chi connectivity index (χ1v) is 10.8. The van der Waals surface area contributed by atoms with Crippen LogP contribution in [0.25, 0.3) is 11.4 Å². The summed E-state index contributed by atoms with van der Waals surface area (Å²) in [4.78, 5) is 4.57. The van der Waals surface area contributed by atoms with Gasteiger partial charge in [-0.05, 0) is 31.6 Å². The van der Waals surface area contributed by atoms with Crippen molar-refractivity contribution in [3.05, 3.63) is 30.3 Å². The number of nitrogens with one attached hydrogen (secondary N) is 2. The third-order valence-corrected chi connectivity index (χ3v) is 5.60. The van der Waals surface area contributed by atoms with Gasteiger partial charge in [-0.2, -0.15) is 9.36 Å². The molecule has 24 heavy (non-hydrogen) atoms. The molecule has 0 radical (unpaired) electrons. The van der Waals surface area contributed by atoms with E-state index < -0.39 is 10.0 Å². The zero-order valence-corrected chi connectivity index (χ0v) is 15.2. The lowest BCUT2D eigenvalue weighted by molar-refractivity contribution is 0.337. The molecule has 0 saturated heterocycles. The van der Waals surface area contributed by atoms with E-state index in [1.165, 1.54) is 17.8 Å². The molecular weight excluding hydrogens is 344 g/mol. The number of anilines is 1. The Balaban J connectivity index is 1.49. The molecule has 3 rings (SSSR count). The monoisotopic (exact) mass is 366 g/mol. The van der Waals surface area contributed by atoms with Gasteiger partial charge in [0, 0.05) is 29.7 Å². The third kappa shape index (κ3) is 4.99. The molecule has 2 N–H and O–H groups in total. The number of hydrogen-bond acceptors (Lipinski definition) is 6. The fourth-order valence-corrected chi connectivity index (χ4v) is 4.15. The number of benzene rings is 1. The highest BCUT2D eigenvalue weighted by atomic mass is 32.2. The molecule has 1 aromatic carbocycles. The van der Waals surface area contributed by atoms with Crippen LogP contribution in [0.15, 0.2) is 30.3 Å². The second kappa shape index (κ2) is 7.58. The second-order valence-corrected chi connectivity index (χ2v) is 8.86. The number of nitrogens with zero attached hydrogens (tertiary/aromatic N) is 2. The lowest BCUT2D eigenvalue weighted by atomic mass is 9.86. The van der Waals surface area contributed by atoms with Crippen LogP contribution < -0.4 is 10.0 Å². The second-order valence-electron chi connectivity index (χ2n) is 6.27. The average Bonchev–Trinajstić information content (AvgIpc) is 3.03. The van der Waals surface area contributed by atoms with Gasteiger partial charge >= 0.3 is 0 Å². The molecule has 1 aliphatic carbocycles. The largest absolute Gasteiger partial charge is 0.358 e. The van der Waals surface area contributed by atoms with Gasteiger partial charge in [-0.25, -0.2) is 13.1 Å². The van der Waals surface area contributed by atoms with E-state index in [0.29, 0.717) is 18.5 Å². The third-order valence-electron chi connectivity index (χ3n) is 4.27. The molecular formula is C16H22N4O2S2. The van der Waals surface area contributed by atoms with Crippen LogP contribution >= 0.6 is 11.5 Å². The summed E-state index contributed by atoms with van der Waals surface area (Å²) >= 11 is 1.39. The zero-order chi connectivity index (χ0) is 17.0. The predicted octanol–water partition coefficient (Wildman–Crippen LogP) is 2.73. The van der Waals surface area contributed by atoms with Crippen LogP contribution in [-0.4, -0.2) is 36.6 Å². The summed E-state index contributed by atoms with van der Waals surface area (Å²) in [7, 11) is -3.09. The van der Waals surface area contributed by atoms with E-state index in [-0.39, 0.29) is 0 Å². The van der Waals surface area contributed by atoms with Crippen LogP contribution in [0.4, 0.5) is 5.13 Å². The van der Waals surface area contributed by atoms with Gasteiger partial charge in [-0.1, -0.05) is 30.3 Å². The van der Waals surface area contributed by atoms with Gasteiger partial charge in [0.15, 0.2) is 5.82 Å². The van der Waals surface area contributed by atoms with Crippen LogP contribution in [0.1, 0.15) is 25.7 Å². The van der Waals surface area contributed by atoms with E-state index in [2.05, 4.69) is 19.4 Å². The Labute approximate surface area is 146 Å². The van der Waals surface area contributed by atoms with Crippen LogP contribution in [0.5, 0.6) is 0 Å². The van der Waals surface area contributed by atoms with Crippen molar-refractivity contribution in [2.75, 3.05) is 18.1 Å². The summed E-state index contributed by atoms with van der Waals surface area (Å²) in [6.45, 7) is 0.544. The van der Waals surface area contributed by atoms with Crippen LogP contribution in [0, 0.1) is 5.92 Å². The molecule has 1 saturated carbocycles. The minimum absolute atomic E-state index is 0.385. The van der Waals surface area contributed by atoms with Crippen molar-refractivity contribution < 1.29 is 8.42 Å². The molecule has 1 heterocycles. The normalized spacial score (nSPS) is 21.5. The summed E-state index contributed by atoms with van der Waals surface area (Å²) in [5.74, 6) is 1.18. The van der Waals surface area contributed by atoms with Crippen LogP contribution in [-0.2, 0) is 10.0 Å². The maximum absolute atomic E-state index is 11.2. The van der Waals surface area contributed by atoms with Gasteiger partial charge in [0.05, 0.1) is 6.26 Å². The van der Waals surface area contributed by atoms with E-state index in [0.717, 1.165) is 42.2 Å². The Hall–Kier alpha value is -1.51. The topological polar surface area (TPSA) is 84.0 Å². The molecule has 0 amide bonds. The Morgan fingerprint density at radius 1 is 1.17 bits per heavy atom. The molecule has 1 fully saturated rings. The standard InChI is InChI=1S/C16H22N4O2S2/c1-24(21,22)17-11-12-7-9-14(10-8-12)18-16-19-15(20-23-16)13-5-3-2-4-6-13/h2-6,12,14,17H,7-11H2,1H3,(H,18,19,20). The van der Waals surface area contributed by atoms with E-state index >= 15 is 0 Å². The van der Waals surface area contributed by atoms with Gasteiger partial charge in [-0.3, -0.25) is 0 Å². The maximum atomic E-state index is 11.2. The van der Waals surface area contributed by atoms with Crippen molar-refractivity contribution in [2.45, 2.75) is 31.7 Å². The van der Waals surface area contributed by atoms with Gasteiger partial charge in [0.25, 0.3) is 0 Å². The van der Waals surface area contributed by atoms with Gasteiger partial charge in [-0.15, -0.1) is 0 Å². The van der Waals surface area contributed by atoms with E-state index in [4.69, 9.17) is 0 Å². The highest BCUT2D eigenvalue weighted by molar-refractivity contribution is 7.88. The maximum Gasteiger partial charge on any atom is 0.208 e. The van der Waals surface area contributed by atoms with Crippen molar-refractivity contribution in [3.63, 3.8) is 0 Å². The Kier molecular flexibility index (Phi) is 5.47. The average molecular weight is 367 g/mol. The van der Waals surface area contributed by atoms with Crippen molar-refractivity contribution in [3.8, 4) is 11.4 Å². The first kappa shape index (κ1) is 17.3. The SMILES string of the molecule is CS(=O)(=O)NCC1CCC(Nc2nc(-c3ccccc3)ns2)CC1. The molecule has 0 atom stereocenters. The molecule has 130 valence electrons. The lowest BCUT2D eigenvalue weighted by Gasteiger charge is -2.28. The summed E-state index contributed by atoms with van der Waals surface area (Å²) in [6, 6.07) is 10.3. The molecule has 8 heteroatoms. The summed E-state index contributed by atoms with van der Waals surface area (Å²) in [5, 5.41) is 4.32. The molecule has 1 aromatic heterocycles. The molecule has 2 aromatic rings. The molecule has 6 nitrogen and oxygen atoms in total. The van der Waals surface area contributed by atoms with Crippen molar-refractivity contribution in [1.29, 1.82) is 0 Å². The number of aromatic nitrogens is 2. The number of rotatable bonds is 6. The van der Waals surface area contributed by atoms with Gasteiger partial charge in [0.1, 0.15) is 0 Å². The van der Waals surface area contributed by atoms with E-state index in [9.17, 15) is 8.42 Å². The predicted molar refractivity (Wildman–Crippen MR) is 97.6 cm³/mol. The molecule has 0 unspecified atom stereocenters. The molecule has 1 aliphatic rings. The summed E-state index contributed by atoms with van der Waals surface area (Å²) in [6.07, 6.45) is 5.29. The number of hydrogen-bond donors (Lipinski definition) is 2. The molecule has 0 aliphatic heterocycles. The minimum Gasteiger partial charge on any atom is -0.358 e. The zero-order valence-electron chi connectivity index (χ0n) is 13.6. The number of sulfonamides is 1. The Morgan fingerprint density at radius 2 is 1.88 bits per heavy atom. The van der Waals surface area contributed by atoms with E-state index in [1.807, 2.05) is 30.3 Å². The van der Waals surface area contributed by atoms with Crippen LogP contribution in [0.3, 0.4) is 0 Å². The highest BCUT2D eigenvalue weighted by Gasteiger charge is 2.22. The van der Waals surface area contributed by atoms with Crippen LogP contribution in [0.2, 0.25) is 0 Å². The Bertz CT molecular complexity index is 753. The van der Waals surface area contributed by atoms with Crippen molar-refractivity contribution in [1.82, 2.24) is 14.1 Å².